The van der Waals surface area contributed by atoms with Gasteiger partial charge in [0.2, 0.25) is 11.8 Å². The summed E-state index contributed by atoms with van der Waals surface area (Å²) in [5, 5.41) is 6.43. The lowest BCUT2D eigenvalue weighted by atomic mass is 10.2. The van der Waals surface area contributed by atoms with Crippen LogP contribution < -0.4 is 15.5 Å². The van der Waals surface area contributed by atoms with Gasteiger partial charge in [-0.3, -0.25) is 9.59 Å². The van der Waals surface area contributed by atoms with E-state index in [0.717, 1.165) is 43.9 Å². The summed E-state index contributed by atoms with van der Waals surface area (Å²) in [5.74, 6) is 1.05. The molecule has 1 aromatic carbocycles. The molecule has 1 aromatic rings. The summed E-state index contributed by atoms with van der Waals surface area (Å²) in [4.78, 5) is 32.2. The Morgan fingerprint density at radius 1 is 1.14 bits per heavy atom. The van der Waals surface area contributed by atoms with E-state index in [9.17, 15) is 9.59 Å². The Hall–Kier alpha value is -2.57. The summed E-state index contributed by atoms with van der Waals surface area (Å²) in [7, 11) is 0. The molecule has 0 atom stereocenters. The van der Waals surface area contributed by atoms with Crippen molar-refractivity contribution in [3.05, 3.63) is 29.8 Å². The fourth-order valence-electron chi connectivity index (χ4n) is 3.24. The molecule has 0 radical (unpaired) electrons. The van der Waals surface area contributed by atoms with Gasteiger partial charge in [0.05, 0.1) is 6.54 Å². The molecule has 2 rings (SSSR count). The summed E-state index contributed by atoms with van der Waals surface area (Å²) >= 11 is 0. The second-order valence-corrected chi connectivity index (χ2v) is 6.75. The van der Waals surface area contributed by atoms with Gasteiger partial charge in [-0.25, -0.2) is 4.99 Å². The summed E-state index contributed by atoms with van der Waals surface area (Å²) in [5.41, 5.74) is 2.03. The van der Waals surface area contributed by atoms with Crippen LogP contribution in [-0.2, 0) is 16.1 Å². The Morgan fingerprint density at radius 3 is 2.43 bits per heavy atom. The quantitative estimate of drug-likeness (QED) is 0.503. The zero-order chi connectivity index (χ0) is 20.4. The molecule has 0 spiro atoms. The standard InChI is InChI=1S/C21H33N5O2/c1-4-22-21(23-14-13-19(27)25(5-2)6-3)24-16-17-9-11-18(12-10-17)26-15-7-8-20(26)28/h9-12H,4-8,13-16H2,1-3H3,(H2,22,23,24). The number of guanidine groups is 1. The van der Waals surface area contributed by atoms with E-state index < -0.39 is 0 Å². The zero-order valence-electron chi connectivity index (χ0n) is 17.3. The zero-order valence-corrected chi connectivity index (χ0v) is 17.3. The van der Waals surface area contributed by atoms with Crippen molar-refractivity contribution in [1.29, 1.82) is 0 Å². The van der Waals surface area contributed by atoms with Crippen molar-refractivity contribution in [2.75, 3.05) is 37.6 Å². The molecule has 28 heavy (non-hydrogen) atoms. The number of hydrogen-bond acceptors (Lipinski definition) is 3. The number of nitrogens with zero attached hydrogens (tertiary/aromatic N) is 3. The highest BCUT2D eigenvalue weighted by molar-refractivity contribution is 5.95. The van der Waals surface area contributed by atoms with Gasteiger partial charge in [0.15, 0.2) is 5.96 Å². The van der Waals surface area contributed by atoms with E-state index in [1.54, 1.807) is 0 Å². The average Bonchev–Trinajstić information content (AvgIpc) is 3.13. The molecule has 154 valence electrons. The molecule has 2 N–H and O–H groups in total. The summed E-state index contributed by atoms with van der Waals surface area (Å²) in [6.07, 6.45) is 2.02. The molecule has 7 heteroatoms. The molecule has 1 aliphatic heterocycles. The van der Waals surface area contributed by atoms with Gasteiger partial charge in [-0.1, -0.05) is 12.1 Å². The lowest BCUT2D eigenvalue weighted by Crippen LogP contribution is -2.40. The molecular weight excluding hydrogens is 354 g/mol. The Balaban J connectivity index is 1.87. The predicted octanol–water partition coefficient (Wildman–Crippen LogP) is 2.13. The highest BCUT2D eigenvalue weighted by atomic mass is 16.2. The van der Waals surface area contributed by atoms with Crippen LogP contribution in [0.1, 0.15) is 45.6 Å². The van der Waals surface area contributed by atoms with Gasteiger partial charge in [-0.15, -0.1) is 0 Å². The number of rotatable bonds is 9. The Labute approximate surface area is 168 Å². The van der Waals surface area contributed by atoms with E-state index in [4.69, 9.17) is 0 Å². The van der Waals surface area contributed by atoms with E-state index >= 15 is 0 Å². The molecule has 1 fully saturated rings. The van der Waals surface area contributed by atoms with Crippen LogP contribution >= 0.6 is 0 Å². The number of amides is 2. The van der Waals surface area contributed by atoms with Crippen molar-refractivity contribution in [2.24, 2.45) is 4.99 Å². The van der Waals surface area contributed by atoms with Crippen LogP contribution in [0.5, 0.6) is 0 Å². The SMILES string of the molecule is CCNC(=NCc1ccc(N2CCCC2=O)cc1)NCCC(=O)N(CC)CC. The molecule has 1 aliphatic rings. The smallest absolute Gasteiger partial charge is 0.227 e. The second kappa shape index (κ2) is 11.3. The van der Waals surface area contributed by atoms with Gasteiger partial charge >= 0.3 is 0 Å². The van der Waals surface area contributed by atoms with Crippen LogP contribution in [-0.4, -0.2) is 55.4 Å². The minimum atomic E-state index is 0.153. The largest absolute Gasteiger partial charge is 0.357 e. The van der Waals surface area contributed by atoms with Gasteiger partial charge in [0, 0.05) is 51.3 Å². The maximum atomic E-state index is 12.1. The number of aliphatic imine (C=N–C) groups is 1. The third-order valence-corrected chi connectivity index (χ3v) is 4.83. The van der Waals surface area contributed by atoms with Crippen LogP contribution in [0, 0.1) is 0 Å². The summed E-state index contributed by atoms with van der Waals surface area (Å²) < 4.78 is 0. The van der Waals surface area contributed by atoms with Crippen LogP contribution in [0.2, 0.25) is 0 Å². The third-order valence-electron chi connectivity index (χ3n) is 4.83. The molecule has 0 bridgehead atoms. The Kier molecular flexibility index (Phi) is 8.78. The van der Waals surface area contributed by atoms with E-state index in [0.29, 0.717) is 31.9 Å². The first-order valence-corrected chi connectivity index (χ1v) is 10.3. The molecule has 7 nitrogen and oxygen atoms in total. The first-order chi connectivity index (χ1) is 13.6. The molecule has 1 heterocycles. The van der Waals surface area contributed by atoms with Gasteiger partial charge in [0.25, 0.3) is 0 Å². The van der Waals surface area contributed by atoms with Crippen LogP contribution in [0.4, 0.5) is 5.69 Å². The lowest BCUT2D eigenvalue weighted by Gasteiger charge is -2.19. The van der Waals surface area contributed by atoms with Crippen molar-refractivity contribution < 1.29 is 9.59 Å². The maximum absolute atomic E-state index is 12.1. The van der Waals surface area contributed by atoms with Crippen molar-refractivity contribution in [3.63, 3.8) is 0 Å². The van der Waals surface area contributed by atoms with Crippen LogP contribution in [0.15, 0.2) is 29.3 Å². The molecule has 1 saturated heterocycles. The molecular formula is C21H33N5O2. The number of anilines is 1. The molecule has 0 unspecified atom stereocenters. The lowest BCUT2D eigenvalue weighted by molar-refractivity contribution is -0.130. The predicted molar refractivity (Wildman–Crippen MR) is 113 cm³/mol. The highest BCUT2D eigenvalue weighted by Gasteiger charge is 2.21. The van der Waals surface area contributed by atoms with E-state index in [2.05, 4.69) is 15.6 Å². The van der Waals surface area contributed by atoms with Gasteiger partial charge in [0.1, 0.15) is 0 Å². The van der Waals surface area contributed by atoms with Gasteiger partial charge in [-0.2, -0.15) is 0 Å². The van der Waals surface area contributed by atoms with Crippen molar-refractivity contribution in [2.45, 2.75) is 46.6 Å². The van der Waals surface area contributed by atoms with E-state index in [-0.39, 0.29) is 11.8 Å². The van der Waals surface area contributed by atoms with E-state index in [1.165, 1.54) is 0 Å². The summed E-state index contributed by atoms with van der Waals surface area (Å²) in [6, 6.07) is 7.99. The fourth-order valence-corrected chi connectivity index (χ4v) is 3.24. The number of benzene rings is 1. The second-order valence-electron chi connectivity index (χ2n) is 6.75. The van der Waals surface area contributed by atoms with Crippen LogP contribution in [0.3, 0.4) is 0 Å². The maximum Gasteiger partial charge on any atom is 0.227 e. The van der Waals surface area contributed by atoms with Gasteiger partial charge < -0.3 is 20.4 Å². The van der Waals surface area contributed by atoms with Gasteiger partial charge in [-0.05, 0) is 44.9 Å². The molecule has 0 aliphatic carbocycles. The number of hydrogen-bond donors (Lipinski definition) is 2. The number of carbonyl (C=O) groups excluding carboxylic acids is 2. The van der Waals surface area contributed by atoms with Crippen molar-refractivity contribution >= 4 is 23.5 Å². The monoisotopic (exact) mass is 387 g/mol. The first kappa shape index (κ1) is 21.7. The van der Waals surface area contributed by atoms with Crippen molar-refractivity contribution in [1.82, 2.24) is 15.5 Å². The minimum Gasteiger partial charge on any atom is -0.357 e. The normalized spacial score (nSPS) is 14.3. The average molecular weight is 388 g/mol. The number of carbonyl (C=O) groups is 2. The Bertz CT molecular complexity index is 668. The van der Waals surface area contributed by atoms with Crippen molar-refractivity contribution in [3.8, 4) is 0 Å². The van der Waals surface area contributed by atoms with Crippen LogP contribution in [0.25, 0.3) is 0 Å². The highest BCUT2D eigenvalue weighted by Crippen LogP contribution is 2.21. The van der Waals surface area contributed by atoms with E-state index in [1.807, 2.05) is 54.8 Å². The Morgan fingerprint density at radius 2 is 1.86 bits per heavy atom. The molecule has 2 amide bonds. The first-order valence-electron chi connectivity index (χ1n) is 10.3. The molecule has 0 saturated carbocycles. The number of nitrogens with one attached hydrogen (secondary N) is 2. The fraction of sp³-hybridized carbons (Fsp3) is 0.571. The molecule has 0 aromatic heterocycles. The third kappa shape index (κ3) is 6.25. The summed E-state index contributed by atoms with van der Waals surface area (Å²) in [6.45, 7) is 10.1. The topological polar surface area (TPSA) is 77.0 Å². The minimum absolute atomic E-state index is 0.153.